The van der Waals surface area contributed by atoms with Gasteiger partial charge in [0.1, 0.15) is 17.3 Å². The molecule has 0 aliphatic rings. The maximum Gasteiger partial charge on any atom is 0.165 e. The highest BCUT2D eigenvalue weighted by atomic mass is 127. The number of ether oxygens (including phenoxy) is 2. The van der Waals surface area contributed by atoms with Crippen LogP contribution >= 0.6 is 22.6 Å². The molecule has 0 atom stereocenters. The zero-order valence-electron chi connectivity index (χ0n) is 11.8. The van der Waals surface area contributed by atoms with Gasteiger partial charge in [-0.2, -0.15) is 0 Å². The van der Waals surface area contributed by atoms with Crippen molar-refractivity contribution in [2.75, 3.05) is 26.6 Å². The van der Waals surface area contributed by atoms with Gasteiger partial charge in [0.15, 0.2) is 5.82 Å². The van der Waals surface area contributed by atoms with Crippen molar-refractivity contribution in [3.8, 4) is 22.9 Å². The lowest BCUT2D eigenvalue weighted by Crippen LogP contribution is -2.03. The maximum atomic E-state index is 5.39. The van der Waals surface area contributed by atoms with E-state index in [-0.39, 0.29) is 0 Å². The Kier molecular flexibility index (Phi) is 4.64. The summed E-state index contributed by atoms with van der Waals surface area (Å²) in [6.07, 6.45) is 0. The van der Waals surface area contributed by atoms with E-state index in [1.54, 1.807) is 14.2 Å². The van der Waals surface area contributed by atoms with Gasteiger partial charge in [0.2, 0.25) is 0 Å². The summed E-state index contributed by atoms with van der Waals surface area (Å²) < 4.78 is 11.7. The molecule has 0 amide bonds. The minimum absolute atomic E-state index is 0.614. The minimum Gasteiger partial charge on any atom is -0.497 e. The van der Waals surface area contributed by atoms with Crippen molar-refractivity contribution in [1.29, 1.82) is 0 Å². The van der Waals surface area contributed by atoms with E-state index >= 15 is 0 Å². The molecule has 1 heterocycles. The highest BCUT2D eigenvalue weighted by molar-refractivity contribution is 14.1. The van der Waals surface area contributed by atoms with E-state index in [1.165, 1.54) is 0 Å². The lowest BCUT2D eigenvalue weighted by Gasteiger charge is -2.12. The van der Waals surface area contributed by atoms with E-state index in [9.17, 15) is 0 Å². The van der Waals surface area contributed by atoms with Gasteiger partial charge in [-0.3, -0.25) is 0 Å². The molecule has 0 aliphatic carbocycles. The summed E-state index contributed by atoms with van der Waals surface area (Å²) in [6, 6.07) is 5.57. The standard InChI is InChI=1S/C14H16IN3O2/c1-8-12(15)14(16-2)18-13(17-8)10-7-9(19-3)5-6-11(10)20-4/h5-7H,1-4H3,(H,16,17,18). The second kappa shape index (κ2) is 6.25. The smallest absolute Gasteiger partial charge is 0.165 e. The summed E-state index contributed by atoms with van der Waals surface area (Å²) in [6.45, 7) is 1.96. The molecule has 1 N–H and O–H groups in total. The second-order valence-electron chi connectivity index (χ2n) is 4.11. The summed E-state index contributed by atoms with van der Waals surface area (Å²) in [5.41, 5.74) is 1.73. The van der Waals surface area contributed by atoms with Crippen molar-refractivity contribution in [1.82, 2.24) is 9.97 Å². The number of benzene rings is 1. The van der Waals surface area contributed by atoms with Crippen LogP contribution < -0.4 is 14.8 Å². The number of nitrogens with one attached hydrogen (secondary N) is 1. The third-order valence-electron chi connectivity index (χ3n) is 2.90. The van der Waals surface area contributed by atoms with Gasteiger partial charge in [-0.25, -0.2) is 9.97 Å². The monoisotopic (exact) mass is 385 g/mol. The number of methoxy groups -OCH3 is 2. The van der Waals surface area contributed by atoms with Crippen LogP contribution in [0.5, 0.6) is 11.5 Å². The summed E-state index contributed by atoms with van der Waals surface area (Å²) in [5.74, 6) is 2.88. The minimum atomic E-state index is 0.614. The van der Waals surface area contributed by atoms with Crippen LogP contribution in [0.25, 0.3) is 11.4 Å². The van der Waals surface area contributed by atoms with Gasteiger partial charge in [0.25, 0.3) is 0 Å². The summed E-state index contributed by atoms with van der Waals surface area (Å²) in [7, 11) is 5.10. The first-order valence-electron chi connectivity index (χ1n) is 6.05. The molecule has 1 aromatic carbocycles. The zero-order valence-corrected chi connectivity index (χ0v) is 14.0. The highest BCUT2D eigenvalue weighted by Gasteiger charge is 2.14. The van der Waals surface area contributed by atoms with Crippen molar-refractivity contribution in [3.05, 3.63) is 27.5 Å². The fourth-order valence-electron chi connectivity index (χ4n) is 1.83. The van der Waals surface area contributed by atoms with Gasteiger partial charge in [0, 0.05) is 7.05 Å². The molecular weight excluding hydrogens is 369 g/mol. The van der Waals surface area contributed by atoms with Gasteiger partial charge in [0.05, 0.1) is 29.0 Å². The van der Waals surface area contributed by atoms with Crippen LogP contribution in [0, 0.1) is 10.5 Å². The zero-order chi connectivity index (χ0) is 14.7. The normalized spacial score (nSPS) is 10.2. The Bertz CT molecular complexity index is 632. The molecule has 0 bridgehead atoms. The Hall–Kier alpha value is -1.57. The average Bonchev–Trinajstić information content (AvgIpc) is 2.49. The Labute approximate surface area is 131 Å². The Morgan fingerprint density at radius 2 is 1.90 bits per heavy atom. The van der Waals surface area contributed by atoms with Crippen LogP contribution in [0.1, 0.15) is 5.69 Å². The van der Waals surface area contributed by atoms with Crippen LogP contribution in [-0.2, 0) is 0 Å². The van der Waals surface area contributed by atoms with Gasteiger partial charge in [-0.15, -0.1) is 0 Å². The summed E-state index contributed by atoms with van der Waals surface area (Å²) in [5, 5.41) is 3.08. The molecule has 5 nitrogen and oxygen atoms in total. The number of nitrogens with zero attached hydrogens (tertiary/aromatic N) is 2. The fourth-order valence-corrected chi connectivity index (χ4v) is 2.35. The molecule has 0 fully saturated rings. The molecule has 1 aromatic heterocycles. The molecule has 6 heteroatoms. The van der Waals surface area contributed by atoms with E-state index < -0.39 is 0 Å². The molecule has 20 heavy (non-hydrogen) atoms. The number of rotatable bonds is 4. The SMILES string of the molecule is CNc1nc(-c2cc(OC)ccc2OC)nc(C)c1I. The Balaban J connectivity index is 2.63. The molecule has 0 radical (unpaired) electrons. The number of anilines is 1. The maximum absolute atomic E-state index is 5.39. The van der Waals surface area contributed by atoms with E-state index in [0.717, 1.165) is 26.4 Å². The Morgan fingerprint density at radius 1 is 1.15 bits per heavy atom. The van der Waals surface area contributed by atoms with Crippen LogP contribution in [0.2, 0.25) is 0 Å². The second-order valence-corrected chi connectivity index (χ2v) is 5.19. The summed E-state index contributed by atoms with van der Waals surface area (Å²) in [4.78, 5) is 9.08. The first kappa shape index (κ1) is 14.8. The molecular formula is C14H16IN3O2. The molecule has 106 valence electrons. The van der Waals surface area contributed by atoms with Crippen molar-refractivity contribution in [3.63, 3.8) is 0 Å². The number of aromatic nitrogens is 2. The predicted molar refractivity (Wildman–Crippen MR) is 87.6 cm³/mol. The third-order valence-corrected chi connectivity index (χ3v) is 4.19. The first-order valence-corrected chi connectivity index (χ1v) is 7.12. The topological polar surface area (TPSA) is 56.3 Å². The lowest BCUT2D eigenvalue weighted by molar-refractivity contribution is 0.404. The van der Waals surface area contributed by atoms with Crippen molar-refractivity contribution >= 4 is 28.4 Å². The quantitative estimate of drug-likeness (QED) is 0.820. The molecule has 0 unspecified atom stereocenters. The lowest BCUT2D eigenvalue weighted by atomic mass is 10.1. The van der Waals surface area contributed by atoms with Crippen LogP contribution in [0.15, 0.2) is 18.2 Å². The average molecular weight is 385 g/mol. The van der Waals surface area contributed by atoms with Gasteiger partial charge in [-0.05, 0) is 47.7 Å². The van der Waals surface area contributed by atoms with Crippen LogP contribution in [-0.4, -0.2) is 31.2 Å². The van der Waals surface area contributed by atoms with Crippen LogP contribution in [0.3, 0.4) is 0 Å². The fraction of sp³-hybridized carbons (Fsp3) is 0.286. The number of aryl methyl sites for hydroxylation is 1. The third kappa shape index (κ3) is 2.79. The van der Waals surface area contributed by atoms with Crippen molar-refractivity contribution in [2.24, 2.45) is 0 Å². The Morgan fingerprint density at radius 3 is 2.50 bits per heavy atom. The number of halogens is 1. The molecule has 2 rings (SSSR count). The van der Waals surface area contributed by atoms with E-state index in [1.807, 2.05) is 32.2 Å². The van der Waals surface area contributed by atoms with Crippen molar-refractivity contribution < 1.29 is 9.47 Å². The molecule has 0 saturated carbocycles. The molecule has 0 saturated heterocycles. The molecule has 0 aliphatic heterocycles. The number of hydrogen-bond acceptors (Lipinski definition) is 5. The van der Waals surface area contributed by atoms with Crippen LogP contribution in [0.4, 0.5) is 5.82 Å². The number of hydrogen-bond donors (Lipinski definition) is 1. The van der Waals surface area contributed by atoms with E-state index in [0.29, 0.717) is 11.6 Å². The van der Waals surface area contributed by atoms with Gasteiger partial charge < -0.3 is 14.8 Å². The largest absolute Gasteiger partial charge is 0.497 e. The van der Waals surface area contributed by atoms with Gasteiger partial charge in [-0.1, -0.05) is 0 Å². The van der Waals surface area contributed by atoms with E-state index in [2.05, 4.69) is 37.9 Å². The molecule has 2 aromatic rings. The molecule has 0 spiro atoms. The van der Waals surface area contributed by atoms with Gasteiger partial charge >= 0.3 is 0 Å². The summed E-state index contributed by atoms with van der Waals surface area (Å²) >= 11 is 2.23. The first-order chi connectivity index (χ1) is 9.60. The highest BCUT2D eigenvalue weighted by Crippen LogP contribution is 2.33. The van der Waals surface area contributed by atoms with Crippen molar-refractivity contribution in [2.45, 2.75) is 6.92 Å². The predicted octanol–water partition coefficient (Wildman–Crippen LogP) is 3.12. The van der Waals surface area contributed by atoms with E-state index in [4.69, 9.17) is 9.47 Å².